The maximum Gasteiger partial charge on any atom is 0.191 e. The number of hydrogen-bond donors (Lipinski definition) is 2. The van der Waals surface area contributed by atoms with Crippen LogP contribution in [0.25, 0.3) is 0 Å². The van der Waals surface area contributed by atoms with Crippen molar-refractivity contribution in [3.63, 3.8) is 0 Å². The van der Waals surface area contributed by atoms with Gasteiger partial charge in [0.25, 0.3) is 0 Å². The summed E-state index contributed by atoms with van der Waals surface area (Å²) in [4.78, 5) is 7.11. The van der Waals surface area contributed by atoms with Gasteiger partial charge in [-0.1, -0.05) is 6.42 Å². The molecule has 0 bridgehead atoms. The average Bonchev–Trinajstić information content (AvgIpc) is 2.68. The van der Waals surface area contributed by atoms with Crippen LogP contribution >= 0.6 is 0 Å². The summed E-state index contributed by atoms with van der Waals surface area (Å²) >= 11 is 0. The highest BCUT2D eigenvalue weighted by atomic mass is 32.2. The van der Waals surface area contributed by atoms with Crippen molar-refractivity contribution in [2.75, 3.05) is 46.1 Å². The maximum atomic E-state index is 11.5. The van der Waals surface area contributed by atoms with E-state index in [4.69, 9.17) is 4.74 Å². The highest BCUT2D eigenvalue weighted by molar-refractivity contribution is 7.90. The van der Waals surface area contributed by atoms with Gasteiger partial charge in [0.15, 0.2) is 15.8 Å². The van der Waals surface area contributed by atoms with E-state index in [2.05, 4.69) is 34.4 Å². The van der Waals surface area contributed by atoms with Gasteiger partial charge in [-0.2, -0.15) is 0 Å². The van der Waals surface area contributed by atoms with Crippen molar-refractivity contribution in [3.05, 3.63) is 24.3 Å². The quantitative estimate of drug-likeness (QED) is 0.387. The van der Waals surface area contributed by atoms with Crippen LogP contribution in [-0.2, 0) is 9.84 Å². The molecular weight excluding hydrogens is 376 g/mol. The number of nitrogens with zero attached hydrogens (tertiary/aromatic N) is 2. The number of aliphatic imine (C=N–C) groups is 1. The Morgan fingerprint density at radius 3 is 2.36 bits per heavy atom. The van der Waals surface area contributed by atoms with E-state index in [1.165, 1.54) is 25.5 Å². The van der Waals surface area contributed by atoms with E-state index in [1.54, 1.807) is 31.3 Å². The van der Waals surface area contributed by atoms with Crippen LogP contribution < -0.4 is 15.4 Å². The minimum atomic E-state index is -3.18. The Kier molecular flexibility index (Phi) is 8.12. The first-order valence-corrected chi connectivity index (χ1v) is 11.7. The minimum absolute atomic E-state index is 0.0793. The van der Waals surface area contributed by atoms with Crippen molar-refractivity contribution in [1.29, 1.82) is 0 Å². The minimum Gasteiger partial charge on any atom is -0.492 e. The highest BCUT2D eigenvalue weighted by Gasteiger charge is 2.27. The fourth-order valence-electron chi connectivity index (χ4n) is 3.25. The van der Waals surface area contributed by atoms with Crippen LogP contribution in [0.4, 0.5) is 0 Å². The Morgan fingerprint density at radius 2 is 1.79 bits per heavy atom. The number of guanidine groups is 1. The van der Waals surface area contributed by atoms with E-state index in [9.17, 15) is 8.42 Å². The van der Waals surface area contributed by atoms with E-state index in [1.807, 2.05) is 0 Å². The van der Waals surface area contributed by atoms with Crippen molar-refractivity contribution in [3.8, 4) is 5.75 Å². The highest BCUT2D eigenvalue weighted by Crippen LogP contribution is 2.19. The van der Waals surface area contributed by atoms with Crippen LogP contribution in [0.2, 0.25) is 0 Å². The average molecular weight is 411 g/mol. The van der Waals surface area contributed by atoms with Crippen molar-refractivity contribution in [1.82, 2.24) is 15.5 Å². The number of hydrogen-bond acceptors (Lipinski definition) is 5. The molecule has 0 radical (unpaired) electrons. The largest absolute Gasteiger partial charge is 0.492 e. The first-order chi connectivity index (χ1) is 13.2. The van der Waals surface area contributed by atoms with Gasteiger partial charge in [-0.05, 0) is 64.0 Å². The zero-order valence-corrected chi connectivity index (χ0v) is 18.3. The lowest BCUT2D eigenvalue weighted by atomic mass is 9.98. The molecule has 2 rings (SSSR count). The van der Waals surface area contributed by atoms with Crippen LogP contribution in [0.5, 0.6) is 5.75 Å². The van der Waals surface area contributed by atoms with Gasteiger partial charge in [0, 0.05) is 25.4 Å². The lowest BCUT2D eigenvalue weighted by Crippen LogP contribution is -2.55. The summed E-state index contributed by atoms with van der Waals surface area (Å²) in [6.07, 6.45) is 5.08. The molecule has 7 nitrogen and oxygen atoms in total. The maximum absolute atomic E-state index is 11.5. The van der Waals surface area contributed by atoms with Gasteiger partial charge in [0.05, 0.1) is 11.4 Å². The van der Waals surface area contributed by atoms with Gasteiger partial charge in [-0.25, -0.2) is 8.42 Å². The summed E-state index contributed by atoms with van der Waals surface area (Å²) in [7, 11) is -1.42. The van der Waals surface area contributed by atoms with Gasteiger partial charge in [-0.3, -0.25) is 9.89 Å². The Hall–Kier alpha value is -1.80. The Bertz CT molecular complexity index is 739. The van der Waals surface area contributed by atoms with E-state index in [0.717, 1.165) is 25.6 Å². The molecule has 8 heteroatoms. The molecule has 1 aromatic carbocycles. The van der Waals surface area contributed by atoms with E-state index in [0.29, 0.717) is 23.8 Å². The van der Waals surface area contributed by atoms with Gasteiger partial charge < -0.3 is 15.4 Å². The van der Waals surface area contributed by atoms with Crippen LogP contribution in [0.3, 0.4) is 0 Å². The normalized spacial score (nSPS) is 16.6. The lowest BCUT2D eigenvalue weighted by molar-refractivity contribution is 0.0982. The summed E-state index contributed by atoms with van der Waals surface area (Å²) in [5, 5.41) is 6.66. The molecule has 1 aromatic rings. The van der Waals surface area contributed by atoms with Crippen molar-refractivity contribution < 1.29 is 13.2 Å². The van der Waals surface area contributed by atoms with E-state index >= 15 is 0 Å². The molecule has 0 atom stereocenters. The molecule has 0 aromatic heterocycles. The number of ether oxygens (including phenoxy) is 1. The molecule has 0 spiro atoms. The van der Waals surface area contributed by atoms with Gasteiger partial charge in [0.1, 0.15) is 12.4 Å². The molecule has 28 heavy (non-hydrogen) atoms. The zero-order chi connectivity index (χ0) is 20.6. The predicted octanol–water partition coefficient (Wildman–Crippen LogP) is 1.90. The first-order valence-electron chi connectivity index (χ1n) is 9.85. The van der Waals surface area contributed by atoms with E-state index in [-0.39, 0.29) is 5.54 Å². The SMILES string of the molecule is CN=C(NCCOc1ccc(S(C)(=O)=O)cc1)NCC(C)(C)N1CCCCC1. The number of sulfone groups is 1. The predicted molar refractivity (Wildman–Crippen MR) is 114 cm³/mol. The summed E-state index contributed by atoms with van der Waals surface area (Å²) in [5.41, 5.74) is 0.0793. The van der Waals surface area contributed by atoms with Crippen LogP contribution in [0.1, 0.15) is 33.1 Å². The number of piperidine rings is 1. The van der Waals surface area contributed by atoms with Crippen molar-refractivity contribution in [2.45, 2.75) is 43.5 Å². The molecule has 0 saturated carbocycles. The first kappa shape index (κ1) is 22.5. The molecule has 0 amide bonds. The van der Waals surface area contributed by atoms with E-state index < -0.39 is 9.84 Å². The molecule has 2 N–H and O–H groups in total. The molecular formula is C20H34N4O3S. The summed E-state index contributed by atoms with van der Waals surface area (Å²) in [5.74, 6) is 1.39. The standard InChI is InChI=1S/C20H34N4O3S/c1-20(2,24-13-6-5-7-14-24)16-23-19(21-3)22-12-15-27-17-8-10-18(11-9-17)28(4,25)26/h8-11H,5-7,12-16H2,1-4H3,(H2,21,22,23). The molecule has 1 saturated heterocycles. The van der Waals surface area contributed by atoms with Gasteiger partial charge in [-0.15, -0.1) is 0 Å². The molecule has 1 heterocycles. The Labute approximate surface area is 169 Å². The summed E-state index contributed by atoms with van der Waals surface area (Å²) < 4.78 is 28.6. The third-order valence-electron chi connectivity index (χ3n) is 5.04. The molecule has 158 valence electrons. The lowest BCUT2D eigenvalue weighted by Gasteiger charge is -2.41. The second kappa shape index (κ2) is 10.1. The van der Waals surface area contributed by atoms with Gasteiger partial charge >= 0.3 is 0 Å². The summed E-state index contributed by atoms with van der Waals surface area (Å²) in [6, 6.07) is 6.46. The van der Waals surface area contributed by atoms with Gasteiger partial charge in [0.2, 0.25) is 0 Å². The summed E-state index contributed by atoms with van der Waals surface area (Å²) in [6.45, 7) is 8.72. The monoisotopic (exact) mass is 410 g/mol. The number of rotatable bonds is 8. The second-order valence-corrected chi connectivity index (χ2v) is 9.82. The Balaban J connectivity index is 1.72. The fraction of sp³-hybridized carbons (Fsp3) is 0.650. The van der Waals surface area contributed by atoms with Crippen molar-refractivity contribution in [2.24, 2.45) is 4.99 Å². The van der Waals surface area contributed by atoms with Crippen LogP contribution in [0.15, 0.2) is 34.2 Å². The fourth-order valence-corrected chi connectivity index (χ4v) is 3.88. The molecule has 0 unspecified atom stereocenters. The topological polar surface area (TPSA) is 83.0 Å². The zero-order valence-electron chi connectivity index (χ0n) is 17.5. The molecule has 1 aliphatic rings. The molecule has 0 aliphatic carbocycles. The van der Waals surface area contributed by atoms with Crippen molar-refractivity contribution >= 4 is 15.8 Å². The number of benzene rings is 1. The number of nitrogens with one attached hydrogen (secondary N) is 2. The van der Waals surface area contributed by atoms with Crippen LogP contribution in [0, 0.1) is 0 Å². The Morgan fingerprint density at radius 1 is 1.14 bits per heavy atom. The smallest absolute Gasteiger partial charge is 0.191 e. The third-order valence-corrected chi connectivity index (χ3v) is 6.17. The van der Waals surface area contributed by atoms with Crippen LogP contribution in [-0.4, -0.2) is 70.9 Å². The molecule has 1 fully saturated rings. The molecule has 1 aliphatic heterocycles. The number of likely N-dealkylation sites (tertiary alicyclic amines) is 1. The second-order valence-electron chi connectivity index (χ2n) is 7.80. The third kappa shape index (κ3) is 6.98.